The third-order valence-electron chi connectivity index (χ3n) is 3.15. The van der Waals surface area contributed by atoms with Gasteiger partial charge in [0.15, 0.2) is 0 Å². The zero-order valence-electron chi connectivity index (χ0n) is 10.4. The fourth-order valence-electron chi connectivity index (χ4n) is 2.07. The van der Waals surface area contributed by atoms with Gasteiger partial charge in [0.25, 0.3) is 5.91 Å². The molecule has 19 heavy (non-hydrogen) atoms. The van der Waals surface area contributed by atoms with Gasteiger partial charge in [-0.05, 0) is 30.7 Å². The van der Waals surface area contributed by atoms with Crippen molar-refractivity contribution in [2.45, 2.75) is 13.0 Å². The number of halogens is 1. The molecule has 1 aromatic carbocycles. The fraction of sp³-hybridized carbons (Fsp3) is 0.385. The van der Waals surface area contributed by atoms with Crippen LogP contribution >= 0.6 is 0 Å². The van der Waals surface area contributed by atoms with Gasteiger partial charge in [-0.2, -0.15) is 0 Å². The van der Waals surface area contributed by atoms with Gasteiger partial charge < -0.3 is 15.2 Å². The van der Waals surface area contributed by atoms with Crippen molar-refractivity contribution >= 4 is 11.9 Å². The summed E-state index contributed by atoms with van der Waals surface area (Å²) in [4.78, 5) is 23.0. The summed E-state index contributed by atoms with van der Waals surface area (Å²) >= 11 is 0. The summed E-state index contributed by atoms with van der Waals surface area (Å²) in [5, 5.41) is 11.6. The van der Waals surface area contributed by atoms with Crippen molar-refractivity contribution in [3.8, 4) is 0 Å². The minimum atomic E-state index is -1.00. The maximum absolute atomic E-state index is 13.0. The van der Waals surface area contributed by atoms with Crippen LogP contribution in [0.3, 0.4) is 0 Å². The predicted octanol–water partition coefficient (Wildman–Crippen LogP) is 0.964. The molecule has 102 valence electrons. The number of ether oxygens (including phenoxy) is 1. The van der Waals surface area contributed by atoms with Crippen LogP contribution in [-0.4, -0.2) is 36.2 Å². The molecule has 2 N–H and O–H groups in total. The molecule has 1 aliphatic rings. The SMILES string of the molecule is Cc1cc(F)ccc1C(=O)NC1COCC1C(=O)O. The molecule has 2 atom stereocenters. The molecular formula is C13H14FNO4. The lowest BCUT2D eigenvalue weighted by molar-refractivity contribution is -0.142. The standard InChI is InChI=1S/C13H14FNO4/c1-7-4-8(14)2-3-9(7)12(16)15-11-6-19-5-10(11)13(17)18/h2-4,10-11H,5-6H2,1H3,(H,15,16)(H,17,18). The summed E-state index contributed by atoms with van der Waals surface area (Å²) < 4.78 is 18.0. The Balaban J connectivity index is 2.10. The van der Waals surface area contributed by atoms with Crippen LogP contribution in [-0.2, 0) is 9.53 Å². The lowest BCUT2D eigenvalue weighted by Gasteiger charge is -2.16. The van der Waals surface area contributed by atoms with Crippen LogP contribution in [0.25, 0.3) is 0 Å². The predicted molar refractivity (Wildman–Crippen MR) is 64.3 cm³/mol. The zero-order valence-corrected chi connectivity index (χ0v) is 10.4. The molecule has 0 aromatic heterocycles. The van der Waals surface area contributed by atoms with Gasteiger partial charge in [0, 0.05) is 5.56 Å². The van der Waals surface area contributed by atoms with Gasteiger partial charge in [0.2, 0.25) is 0 Å². The third kappa shape index (κ3) is 2.90. The Morgan fingerprint density at radius 2 is 2.16 bits per heavy atom. The van der Waals surface area contributed by atoms with Crippen LogP contribution < -0.4 is 5.32 Å². The van der Waals surface area contributed by atoms with Crippen LogP contribution in [0.2, 0.25) is 0 Å². The second-order valence-electron chi connectivity index (χ2n) is 4.52. The van der Waals surface area contributed by atoms with E-state index in [2.05, 4.69) is 5.32 Å². The topological polar surface area (TPSA) is 75.6 Å². The van der Waals surface area contributed by atoms with Gasteiger partial charge in [-0.25, -0.2) is 4.39 Å². The molecule has 1 saturated heterocycles. The van der Waals surface area contributed by atoms with E-state index in [1.54, 1.807) is 6.92 Å². The lowest BCUT2D eigenvalue weighted by Crippen LogP contribution is -2.42. The number of carbonyl (C=O) groups excluding carboxylic acids is 1. The van der Waals surface area contributed by atoms with Crippen LogP contribution in [0.15, 0.2) is 18.2 Å². The maximum atomic E-state index is 13.0. The number of aryl methyl sites for hydroxylation is 1. The highest BCUT2D eigenvalue weighted by molar-refractivity contribution is 5.96. The number of benzene rings is 1. The van der Waals surface area contributed by atoms with Crippen LogP contribution in [0.4, 0.5) is 4.39 Å². The second kappa shape index (κ2) is 5.36. The van der Waals surface area contributed by atoms with E-state index < -0.39 is 29.7 Å². The minimum absolute atomic E-state index is 0.0860. The van der Waals surface area contributed by atoms with Crippen molar-refractivity contribution in [1.82, 2.24) is 5.32 Å². The first kappa shape index (κ1) is 13.5. The smallest absolute Gasteiger partial charge is 0.311 e. The van der Waals surface area contributed by atoms with Crippen LogP contribution in [0.1, 0.15) is 15.9 Å². The zero-order chi connectivity index (χ0) is 14.0. The molecule has 2 rings (SSSR count). The Hall–Kier alpha value is -1.95. The van der Waals surface area contributed by atoms with Crippen molar-refractivity contribution in [3.05, 3.63) is 35.1 Å². The van der Waals surface area contributed by atoms with E-state index in [4.69, 9.17) is 9.84 Å². The molecule has 0 bridgehead atoms. The first-order valence-corrected chi connectivity index (χ1v) is 5.86. The molecule has 0 spiro atoms. The second-order valence-corrected chi connectivity index (χ2v) is 4.52. The number of amides is 1. The molecular weight excluding hydrogens is 253 g/mol. The molecule has 1 aliphatic heterocycles. The normalized spacial score (nSPS) is 22.2. The Morgan fingerprint density at radius 1 is 1.42 bits per heavy atom. The number of hydrogen-bond acceptors (Lipinski definition) is 3. The third-order valence-corrected chi connectivity index (χ3v) is 3.15. The van der Waals surface area contributed by atoms with Crippen molar-refractivity contribution in [3.63, 3.8) is 0 Å². The Bertz CT molecular complexity index is 517. The van der Waals surface area contributed by atoms with Crippen molar-refractivity contribution < 1.29 is 23.8 Å². The number of carboxylic acids is 1. The molecule has 0 aliphatic carbocycles. The average Bonchev–Trinajstić information content (AvgIpc) is 2.76. The van der Waals surface area contributed by atoms with E-state index in [0.29, 0.717) is 11.1 Å². The highest BCUT2D eigenvalue weighted by Gasteiger charge is 2.35. The highest BCUT2D eigenvalue weighted by Crippen LogP contribution is 2.16. The molecule has 6 heteroatoms. The Labute approximate surface area is 109 Å². The highest BCUT2D eigenvalue weighted by atomic mass is 19.1. The number of aliphatic carboxylic acids is 1. The number of nitrogens with one attached hydrogen (secondary N) is 1. The average molecular weight is 267 g/mol. The molecule has 1 amide bonds. The summed E-state index contributed by atoms with van der Waals surface area (Å²) in [5.74, 6) is -2.58. The lowest BCUT2D eigenvalue weighted by atomic mass is 10.0. The monoisotopic (exact) mass is 267 g/mol. The summed E-state index contributed by atoms with van der Waals surface area (Å²) in [6, 6.07) is 3.27. The first-order valence-electron chi connectivity index (χ1n) is 5.86. The molecule has 1 fully saturated rings. The summed E-state index contributed by atoms with van der Waals surface area (Å²) in [7, 11) is 0. The van der Waals surface area contributed by atoms with E-state index in [9.17, 15) is 14.0 Å². The van der Waals surface area contributed by atoms with Gasteiger partial charge in [-0.1, -0.05) is 0 Å². The number of carboxylic acid groups (broad SMARTS) is 1. The van der Waals surface area contributed by atoms with Crippen molar-refractivity contribution in [1.29, 1.82) is 0 Å². The van der Waals surface area contributed by atoms with E-state index in [1.165, 1.54) is 18.2 Å². The molecule has 0 saturated carbocycles. The number of rotatable bonds is 3. The Kier molecular flexibility index (Phi) is 3.80. The Morgan fingerprint density at radius 3 is 2.79 bits per heavy atom. The van der Waals surface area contributed by atoms with E-state index in [0.717, 1.165) is 0 Å². The molecule has 5 nitrogen and oxygen atoms in total. The first-order chi connectivity index (χ1) is 8.99. The van der Waals surface area contributed by atoms with Crippen molar-refractivity contribution in [2.24, 2.45) is 5.92 Å². The van der Waals surface area contributed by atoms with E-state index in [-0.39, 0.29) is 13.2 Å². The maximum Gasteiger partial charge on any atom is 0.311 e. The van der Waals surface area contributed by atoms with Gasteiger partial charge in [-0.3, -0.25) is 9.59 Å². The van der Waals surface area contributed by atoms with Gasteiger partial charge >= 0.3 is 5.97 Å². The van der Waals surface area contributed by atoms with Gasteiger partial charge in [-0.15, -0.1) is 0 Å². The molecule has 2 unspecified atom stereocenters. The van der Waals surface area contributed by atoms with Gasteiger partial charge in [0.05, 0.1) is 19.3 Å². The number of hydrogen-bond donors (Lipinski definition) is 2. The molecule has 1 aromatic rings. The van der Waals surface area contributed by atoms with Gasteiger partial charge in [0.1, 0.15) is 11.7 Å². The van der Waals surface area contributed by atoms with E-state index >= 15 is 0 Å². The fourth-order valence-corrected chi connectivity index (χ4v) is 2.07. The molecule has 1 heterocycles. The van der Waals surface area contributed by atoms with Crippen LogP contribution in [0, 0.1) is 18.7 Å². The quantitative estimate of drug-likeness (QED) is 0.855. The summed E-state index contributed by atoms with van der Waals surface area (Å²) in [6.45, 7) is 1.88. The summed E-state index contributed by atoms with van der Waals surface area (Å²) in [6.07, 6.45) is 0. The van der Waals surface area contributed by atoms with E-state index in [1.807, 2.05) is 0 Å². The van der Waals surface area contributed by atoms with Crippen molar-refractivity contribution in [2.75, 3.05) is 13.2 Å². The number of carbonyl (C=O) groups is 2. The molecule has 0 radical (unpaired) electrons. The minimum Gasteiger partial charge on any atom is -0.481 e. The largest absolute Gasteiger partial charge is 0.481 e. The van der Waals surface area contributed by atoms with Crippen LogP contribution in [0.5, 0.6) is 0 Å². The summed E-state index contributed by atoms with van der Waals surface area (Å²) in [5.41, 5.74) is 0.834.